The van der Waals surface area contributed by atoms with Crippen molar-refractivity contribution in [1.82, 2.24) is 0 Å². The second kappa shape index (κ2) is 9.97. The van der Waals surface area contributed by atoms with Gasteiger partial charge in [0.1, 0.15) is 0 Å². The molecule has 0 aromatic rings. The molecule has 1 N–H and O–H groups in total. The minimum atomic E-state index is -0.523. The Labute approximate surface area is 92.8 Å². The predicted octanol–water partition coefficient (Wildman–Crippen LogP) is 2.66. The van der Waals surface area contributed by atoms with Crippen LogP contribution in [0.4, 0.5) is 0 Å². The van der Waals surface area contributed by atoms with Crippen molar-refractivity contribution >= 4 is 5.97 Å². The molecule has 0 spiro atoms. The first-order valence-electron chi connectivity index (χ1n) is 6.04. The maximum Gasteiger partial charge on any atom is 0.308 e. The van der Waals surface area contributed by atoms with Gasteiger partial charge in [-0.05, 0) is 12.8 Å². The summed E-state index contributed by atoms with van der Waals surface area (Å²) in [4.78, 5) is 11.2. The van der Waals surface area contributed by atoms with E-state index in [-0.39, 0.29) is 12.4 Å². The second-order valence-electron chi connectivity index (χ2n) is 3.93. The largest absolute Gasteiger partial charge is 0.466 e. The standard InChI is InChI=1S/C12H24O3/c1-3-5-7-8-11(13)10-12(14)15-9-6-4-2/h11,13H,3-10H2,1-2H3. The number of unbranched alkanes of at least 4 members (excludes halogenated alkanes) is 3. The molecule has 0 rings (SSSR count). The topological polar surface area (TPSA) is 46.5 Å². The Morgan fingerprint density at radius 1 is 1.20 bits per heavy atom. The van der Waals surface area contributed by atoms with Crippen LogP contribution in [0.1, 0.15) is 58.8 Å². The van der Waals surface area contributed by atoms with E-state index < -0.39 is 6.10 Å². The quantitative estimate of drug-likeness (QED) is 0.476. The average Bonchev–Trinajstić information content (AvgIpc) is 2.18. The normalized spacial score (nSPS) is 12.5. The summed E-state index contributed by atoms with van der Waals surface area (Å²) < 4.78 is 4.96. The Morgan fingerprint density at radius 2 is 1.87 bits per heavy atom. The molecule has 0 aromatic heterocycles. The third kappa shape index (κ3) is 9.73. The lowest BCUT2D eigenvalue weighted by atomic mass is 10.1. The molecule has 15 heavy (non-hydrogen) atoms. The zero-order valence-electron chi connectivity index (χ0n) is 10.00. The van der Waals surface area contributed by atoms with Crippen LogP contribution in [0.15, 0.2) is 0 Å². The molecule has 0 amide bonds. The van der Waals surface area contributed by atoms with Crippen LogP contribution < -0.4 is 0 Å². The van der Waals surface area contributed by atoms with Crippen molar-refractivity contribution in [2.75, 3.05) is 6.61 Å². The van der Waals surface area contributed by atoms with Gasteiger partial charge < -0.3 is 9.84 Å². The van der Waals surface area contributed by atoms with Crippen molar-refractivity contribution < 1.29 is 14.6 Å². The summed E-state index contributed by atoms with van der Waals surface area (Å²) in [7, 11) is 0. The van der Waals surface area contributed by atoms with Gasteiger partial charge in [0.05, 0.1) is 19.1 Å². The molecule has 0 aromatic carbocycles. The fourth-order valence-electron chi connectivity index (χ4n) is 1.31. The Kier molecular flexibility index (Phi) is 9.59. The van der Waals surface area contributed by atoms with Gasteiger partial charge in [-0.2, -0.15) is 0 Å². The molecule has 0 radical (unpaired) electrons. The van der Waals surface area contributed by atoms with Gasteiger partial charge in [-0.25, -0.2) is 0 Å². The van der Waals surface area contributed by atoms with Gasteiger partial charge in [0.15, 0.2) is 0 Å². The maximum absolute atomic E-state index is 11.2. The first-order valence-corrected chi connectivity index (χ1v) is 6.04. The molecule has 1 unspecified atom stereocenters. The molecule has 0 aliphatic heterocycles. The fourth-order valence-corrected chi connectivity index (χ4v) is 1.31. The van der Waals surface area contributed by atoms with E-state index in [1.54, 1.807) is 0 Å². The van der Waals surface area contributed by atoms with E-state index in [1.807, 2.05) is 6.92 Å². The van der Waals surface area contributed by atoms with Gasteiger partial charge in [-0.3, -0.25) is 4.79 Å². The highest BCUT2D eigenvalue weighted by Gasteiger charge is 2.11. The number of ether oxygens (including phenoxy) is 1. The summed E-state index contributed by atoms with van der Waals surface area (Å²) >= 11 is 0. The Hall–Kier alpha value is -0.570. The summed E-state index contributed by atoms with van der Waals surface area (Å²) in [6.07, 6.45) is 5.48. The van der Waals surface area contributed by atoms with E-state index in [0.29, 0.717) is 13.0 Å². The number of hydrogen-bond acceptors (Lipinski definition) is 3. The van der Waals surface area contributed by atoms with E-state index in [4.69, 9.17) is 4.74 Å². The van der Waals surface area contributed by atoms with E-state index in [2.05, 4.69) is 6.92 Å². The third-order valence-electron chi connectivity index (χ3n) is 2.30. The molecule has 3 heteroatoms. The van der Waals surface area contributed by atoms with E-state index >= 15 is 0 Å². The van der Waals surface area contributed by atoms with Crippen molar-refractivity contribution in [3.63, 3.8) is 0 Å². The number of hydrogen-bond donors (Lipinski definition) is 1. The van der Waals surface area contributed by atoms with Crippen LogP contribution in [-0.2, 0) is 9.53 Å². The SMILES string of the molecule is CCCCCC(O)CC(=O)OCCCC. The monoisotopic (exact) mass is 216 g/mol. The first-order chi connectivity index (χ1) is 7.20. The number of rotatable bonds is 9. The molecule has 0 aliphatic rings. The predicted molar refractivity (Wildman–Crippen MR) is 60.6 cm³/mol. The van der Waals surface area contributed by atoms with Gasteiger partial charge in [-0.15, -0.1) is 0 Å². The lowest BCUT2D eigenvalue weighted by Crippen LogP contribution is -2.16. The van der Waals surface area contributed by atoms with Crippen LogP contribution in [0.25, 0.3) is 0 Å². The summed E-state index contributed by atoms with van der Waals surface area (Å²) in [5, 5.41) is 9.50. The van der Waals surface area contributed by atoms with Crippen LogP contribution in [-0.4, -0.2) is 23.8 Å². The van der Waals surface area contributed by atoms with Crippen LogP contribution in [0.2, 0.25) is 0 Å². The van der Waals surface area contributed by atoms with Crippen molar-refractivity contribution in [2.45, 2.75) is 64.9 Å². The first kappa shape index (κ1) is 14.4. The zero-order chi connectivity index (χ0) is 11.5. The minimum Gasteiger partial charge on any atom is -0.466 e. The number of carbonyl (C=O) groups excluding carboxylic acids is 1. The molecular formula is C12H24O3. The lowest BCUT2D eigenvalue weighted by Gasteiger charge is -2.09. The van der Waals surface area contributed by atoms with E-state index in [0.717, 1.165) is 32.1 Å². The fraction of sp³-hybridized carbons (Fsp3) is 0.917. The van der Waals surface area contributed by atoms with Crippen molar-refractivity contribution in [3.05, 3.63) is 0 Å². The molecule has 1 atom stereocenters. The summed E-state index contributed by atoms with van der Waals surface area (Å²) in [5.41, 5.74) is 0. The second-order valence-corrected chi connectivity index (χ2v) is 3.93. The summed E-state index contributed by atoms with van der Waals surface area (Å²) in [6.45, 7) is 4.65. The lowest BCUT2D eigenvalue weighted by molar-refractivity contribution is -0.146. The minimum absolute atomic E-state index is 0.146. The van der Waals surface area contributed by atoms with Gasteiger partial charge in [0.2, 0.25) is 0 Å². The zero-order valence-corrected chi connectivity index (χ0v) is 10.00. The number of carbonyl (C=O) groups is 1. The molecule has 3 nitrogen and oxygen atoms in total. The highest BCUT2D eigenvalue weighted by Crippen LogP contribution is 2.07. The average molecular weight is 216 g/mol. The third-order valence-corrected chi connectivity index (χ3v) is 2.30. The Morgan fingerprint density at radius 3 is 2.47 bits per heavy atom. The van der Waals surface area contributed by atoms with Crippen LogP contribution in [0.3, 0.4) is 0 Å². The van der Waals surface area contributed by atoms with Crippen molar-refractivity contribution in [2.24, 2.45) is 0 Å². The molecule has 0 bridgehead atoms. The van der Waals surface area contributed by atoms with E-state index in [9.17, 15) is 9.90 Å². The van der Waals surface area contributed by atoms with E-state index in [1.165, 1.54) is 0 Å². The number of aliphatic hydroxyl groups is 1. The van der Waals surface area contributed by atoms with Gasteiger partial charge in [0, 0.05) is 0 Å². The summed E-state index contributed by atoms with van der Waals surface area (Å²) in [5.74, 6) is -0.271. The Bertz CT molecular complexity index is 157. The molecule has 0 heterocycles. The smallest absolute Gasteiger partial charge is 0.308 e. The Balaban J connectivity index is 3.40. The number of esters is 1. The van der Waals surface area contributed by atoms with Gasteiger partial charge in [0.25, 0.3) is 0 Å². The molecule has 0 saturated carbocycles. The van der Waals surface area contributed by atoms with Crippen LogP contribution >= 0.6 is 0 Å². The van der Waals surface area contributed by atoms with Crippen molar-refractivity contribution in [1.29, 1.82) is 0 Å². The van der Waals surface area contributed by atoms with Crippen LogP contribution in [0.5, 0.6) is 0 Å². The van der Waals surface area contributed by atoms with Gasteiger partial charge in [-0.1, -0.05) is 39.5 Å². The van der Waals surface area contributed by atoms with Crippen molar-refractivity contribution in [3.8, 4) is 0 Å². The molecule has 90 valence electrons. The maximum atomic E-state index is 11.2. The molecular weight excluding hydrogens is 192 g/mol. The summed E-state index contributed by atoms with van der Waals surface area (Å²) in [6, 6.07) is 0. The highest BCUT2D eigenvalue weighted by molar-refractivity contribution is 5.69. The molecule has 0 aliphatic carbocycles. The number of aliphatic hydroxyl groups excluding tert-OH is 1. The molecule has 0 fully saturated rings. The van der Waals surface area contributed by atoms with Gasteiger partial charge >= 0.3 is 5.97 Å². The van der Waals surface area contributed by atoms with Crippen LogP contribution in [0, 0.1) is 0 Å². The molecule has 0 saturated heterocycles. The highest BCUT2D eigenvalue weighted by atomic mass is 16.5.